The minimum Gasteiger partial charge on any atom is -0.347 e. The lowest BCUT2D eigenvalue weighted by Gasteiger charge is -2.21. The molecule has 3 unspecified atom stereocenters. The zero-order valence-corrected chi connectivity index (χ0v) is 19.1. The van der Waals surface area contributed by atoms with Crippen molar-refractivity contribution >= 4 is 34.8 Å². The maximum atomic E-state index is 12.8. The number of Topliss-reactive ketones (excluding diaryl/α,β-unsaturated/α-hetero) is 1. The van der Waals surface area contributed by atoms with Crippen molar-refractivity contribution in [2.24, 2.45) is 17.8 Å². The highest BCUT2D eigenvalue weighted by molar-refractivity contribution is 7.07. The Bertz CT molecular complexity index is 995. The first kappa shape index (κ1) is 23.1. The van der Waals surface area contributed by atoms with E-state index in [1.807, 2.05) is 30.3 Å². The monoisotopic (exact) mass is 468 g/mol. The Hall–Kier alpha value is -3.07. The van der Waals surface area contributed by atoms with Gasteiger partial charge < -0.3 is 16.0 Å². The lowest BCUT2D eigenvalue weighted by Crippen LogP contribution is -2.51. The van der Waals surface area contributed by atoms with Gasteiger partial charge in [-0.25, -0.2) is 4.98 Å². The number of thiazole rings is 1. The minimum atomic E-state index is -1.03. The number of rotatable bonds is 10. The number of fused-ring (bicyclic) bond motifs is 2. The molecule has 0 saturated heterocycles. The molecular formula is C24H28N4O4S. The highest BCUT2D eigenvalue weighted by Gasteiger charge is 2.43. The number of carbonyl (C=O) groups is 4. The summed E-state index contributed by atoms with van der Waals surface area (Å²) >= 11 is 1.40. The molecule has 2 aliphatic carbocycles. The first-order valence-electron chi connectivity index (χ1n) is 11.3. The Morgan fingerprint density at radius 3 is 2.55 bits per heavy atom. The summed E-state index contributed by atoms with van der Waals surface area (Å²) in [6.07, 6.45) is 4.46. The summed E-state index contributed by atoms with van der Waals surface area (Å²) in [5.74, 6) is -1.06. The van der Waals surface area contributed by atoms with Crippen molar-refractivity contribution in [3.63, 3.8) is 0 Å². The second kappa shape index (κ2) is 10.7. The Labute approximate surface area is 196 Å². The predicted molar refractivity (Wildman–Crippen MR) is 123 cm³/mol. The highest BCUT2D eigenvalue weighted by Crippen LogP contribution is 2.48. The summed E-state index contributed by atoms with van der Waals surface area (Å²) in [5.41, 5.74) is 3.12. The standard InChI is InChI=1S/C24H28N4O4S/c29-21(12-26-23(31)19-9-16-6-7-17(19)8-16)28-20(10-15-4-2-1-3-5-15)22(30)24(32)25-11-18-13-33-14-27-18/h1-5,13-14,16-17,19-20H,6-12H2,(H,25,32)(H,26,31)(H,28,29)/t16?,17?,19?,20-/m1/s1. The molecular weight excluding hydrogens is 440 g/mol. The van der Waals surface area contributed by atoms with E-state index in [2.05, 4.69) is 20.9 Å². The van der Waals surface area contributed by atoms with Crippen LogP contribution in [0.1, 0.15) is 36.9 Å². The Morgan fingerprint density at radius 2 is 1.88 bits per heavy atom. The molecule has 8 nitrogen and oxygen atoms in total. The van der Waals surface area contributed by atoms with Gasteiger partial charge in [0.2, 0.25) is 17.6 Å². The van der Waals surface area contributed by atoms with Crippen LogP contribution in [0, 0.1) is 17.8 Å². The molecule has 0 spiro atoms. The number of amides is 3. The van der Waals surface area contributed by atoms with E-state index < -0.39 is 23.6 Å². The summed E-state index contributed by atoms with van der Waals surface area (Å²) in [6, 6.07) is 8.14. The van der Waals surface area contributed by atoms with Crippen LogP contribution in [0.2, 0.25) is 0 Å². The number of benzene rings is 1. The van der Waals surface area contributed by atoms with Crippen LogP contribution in [0.3, 0.4) is 0 Å². The van der Waals surface area contributed by atoms with Gasteiger partial charge in [-0.2, -0.15) is 0 Å². The molecule has 33 heavy (non-hydrogen) atoms. The van der Waals surface area contributed by atoms with Crippen LogP contribution in [-0.2, 0) is 32.1 Å². The van der Waals surface area contributed by atoms with Crippen molar-refractivity contribution in [2.45, 2.75) is 44.7 Å². The van der Waals surface area contributed by atoms with Crippen molar-refractivity contribution in [1.82, 2.24) is 20.9 Å². The first-order valence-corrected chi connectivity index (χ1v) is 12.2. The number of hydrogen-bond donors (Lipinski definition) is 3. The highest BCUT2D eigenvalue weighted by atomic mass is 32.1. The van der Waals surface area contributed by atoms with Gasteiger partial charge in [-0.3, -0.25) is 19.2 Å². The molecule has 2 aromatic rings. The van der Waals surface area contributed by atoms with E-state index in [1.165, 1.54) is 17.8 Å². The maximum absolute atomic E-state index is 12.8. The minimum absolute atomic E-state index is 0.0187. The zero-order valence-electron chi connectivity index (χ0n) is 18.3. The lowest BCUT2D eigenvalue weighted by atomic mass is 9.88. The van der Waals surface area contributed by atoms with Crippen LogP contribution in [-0.4, -0.2) is 41.1 Å². The zero-order chi connectivity index (χ0) is 23.2. The third kappa shape index (κ3) is 6.04. The molecule has 0 radical (unpaired) electrons. The van der Waals surface area contributed by atoms with E-state index >= 15 is 0 Å². The quantitative estimate of drug-likeness (QED) is 0.458. The predicted octanol–water partition coefficient (Wildman–Crippen LogP) is 1.61. The van der Waals surface area contributed by atoms with Crippen molar-refractivity contribution < 1.29 is 19.2 Å². The second-order valence-corrected chi connectivity index (χ2v) is 9.55. The van der Waals surface area contributed by atoms with Crippen molar-refractivity contribution in [2.75, 3.05) is 6.54 Å². The molecule has 3 amide bonds. The number of aromatic nitrogens is 1. The molecule has 4 rings (SSSR count). The molecule has 2 aliphatic rings. The molecule has 0 aliphatic heterocycles. The molecule has 2 saturated carbocycles. The van der Waals surface area contributed by atoms with Gasteiger partial charge in [0.25, 0.3) is 5.91 Å². The summed E-state index contributed by atoms with van der Waals surface area (Å²) in [6.45, 7) is -0.0780. The molecule has 2 fully saturated rings. The average molecular weight is 469 g/mol. The number of hydrogen-bond acceptors (Lipinski definition) is 6. The number of nitrogens with zero attached hydrogens (tertiary/aromatic N) is 1. The van der Waals surface area contributed by atoms with E-state index in [1.54, 1.807) is 10.9 Å². The number of carbonyl (C=O) groups excluding carboxylic acids is 4. The fourth-order valence-corrected chi connectivity index (χ4v) is 5.47. The van der Waals surface area contributed by atoms with Crippen LogP contribution in [0.15, 0.2) is 41.2 Å². The number of nitrogens with one attached hydrogen (secondary N) is 3. The lowest BCUT2D eigenvalue weighted by molar-refractivity contribution is -0.140. The Morgan fingerprint density at radius 1 is 1.06 bits per heavy atom. The second-order valence-electron chi connectivity index (χ2n) is 8.84. The van der Waals surface area contributed by atoms with Gasteiger partial charge in [-0.05, 0) is 36.7 Å². The third-order valence-corrected chi connectivity index (χ3v) is 7.21. The van der Waals surface area contributed by atoms with Crippen LogP contribution in [0.5, 0.6) is 0 Å². The molecule has 1 aromatic heterocycles. The van der Waals surface area contributed by atoms with E-state index in [9.17, 15) is 19.2 Å². The molecule has 174 valence electrons. The molecule has 9 heteroatoms. The van der Waals surface area contributed by atoms with Gasteiger partial charge in [-0.1, -0.05) is 36.8 Å². The van der Waals surface area contributed by atoms with Crippen molar-refractivity contribution in [3.8, 4) is 0 Å². The maximum Gasteiger partial charge on any atom is 0.289 e. The molecule has 2 bridgehead atoms. The molecule has 3 N–H and O–H groups in total. The topological polar surface area (TPSA) is 117 Å². The van der Waals surface area contributed by atoms with E-state index in [-0.39, 0.29) is 31.3 Å². The van der Waals surface area contributed by atoms with Crippen molar-refractivity contribution in [3.05, 3.63) is 52.5 Å². The normalized spacial score (nSPS) is 21.9. The average Bonchev–Trinajstić information content (AvgIpc) is 3.59. The van der Waals surface area contributed by atoms with Gasteiger partial charge in [0.05, 0.1) is 24.3 Å². The Balaban J connectivity index is 1.33. The summed E-state index contributed by atoms with van der Waals surface area (Å²) in [4.78, 5) is 54.5. The summed E-state index contributed by atoms with van der Waals surface area (Å²) in [5, 5.41) is 9.71. The largest absolute Gasteiger partial charge is 0.347 e. The van der Waals surface area contributed by atoms with Gasteiger partial charge in [0, 0.05) is 17.7 Å². The first-order chi connectivity index (χ1) is 16.0. The van der Waals surface area contributed by atoms with Gasteiger partial charge in [0.15, 0.2) is 0 Å². The van der Waals surface area contributed by atoms with Crippen LogP contribution in [0.4, 0.5) is 0 Å². The van der Waals surface area contributed by atoms with Gasteiger partial charge in [-0.15, -0.1) is 11.3 Å². The van der Waals surface area contributed by atoms with E-state index in [0.717, 1.165) is 24.8 Å². The molecule has 4 atom stereocenters. The summed E-state index contributed by atoms with van der Waals surface area (Å²) < 4.78 is 0. The fraction of sp³-hybridized carbons (Fsp3) is 0.458. The number of ketones is 1. The van der Waals surface area contributed by atoms with E-state index in [4.69, 9.17) is 0 Å². The molecule has 1 heterocycles. The van der Waals surface area contributed by atoms with Crippen LogP contribution in [0.25, 0.3) is 0 Å². The van der Waals surface area contributed by atoms with Gasteiger partial charge in [0.1, 0.15) is 6.04 Å². The van der Waals surface area contributed by atoms with Crippen LogP contribution < -0.4 is 16.0 Å². The molecule has 1 aromatic carbocycles. The third-order valence-electron chi connectivity index (χ3n) is 6.57. The Kier molecular flexibility index (Phi) is 7.49. The summed E-state index contributed by atoms with van der Waals surface area (Å²) in [7, 11) is 0. The smallest absolute Gasteiger partial charge is 0.289 e. The van der Waals surface area contributed by atoms with Crippen LogP contribution >= 0.6 is 11.3 Å². The SMILES string of the molecule is O=C(CNC(=O)C1CC2CCC1C2)N[C@H](Cc1ccccc1)C(=O)C(=O)NCc1cscn1. The van der Waals surface area contributed by atoms with Gasteiger partial charge >= 0.3 is 0 Å². The fourth-order valence-electron chi connectivity index (χ4n) is 4.91. The van der Waals surface area contributed by atoms with Crippen molar-refractivity contribution in [1.29, 1.82) is 0 Å². The van der Waals surface area contributed by atoms with E-state index in [0.29, 0.717) is 17.5 Å².